The smallest absolute Gasteiger partial charge is 0.141 e. The summed E-state index contributed by atoms with van der Waals surface area (Å²) < 4.78 is 14.6. The molecule has 4 aromatic rings. The van der Waals surface area contributed by atoms with Crippen molar-refractivity contribution in [2.75, 3.05) is 0 Å². The molecule has 0 spiro atoms. The molecule has 0 radical (unpaired) electrons. The summed E-state index contributed by atoms with van der Waals surface area (Å²) >= 11 is 0. The Hall–Kier alpha value is -2.98. The van der Waals surface area contributed by atoms with Crippen molar-refractivity contribution in [3.63, 3.8) is 0 Å². The number of nitrogens with one attached hydrogen (secondary N) is 2. The Morgan fingerprint density at radius 1 is 1.07 bits per heavy atom. The van der Waals surface area contributed by atoms with Crippen molar-refractivity contribution >= 4 is 11.0 Å². The maximum absolute atomic E-state index is 14.6. The molecular weight excluding hydrogens is 349 g/mol. The monoisotopic (exact) mass is 371 g/mol. The molecule has 0 amide bonds. The van der Waals surface area contributed by atoms with Crippen LogP contribution in [0.25, 0.3) is 22.2 Å². The number of hydrogen-bond donors (Lipinski definition) is 2. The van der Waals surface area contributed by atoms with E-state index in [4.69, 9.17) is 0 Å². The second-order valence-electron chi connectivity index (χ2n) is 7.53. The highest BCUT2D eigenvalue weighted by Gasteiger charge is 2.31. The van der Waals surface area contributed by atoms with Gasteiger partial charge in [0.15, 0.2) is 0 Å². The topological polar surface area (TPSA) is 40.7 Å². The zero-order valence-corrected chi connectivity index (χ0v) is 15.7. The van der Waals surface area contributed by atoms with E-state index in [9.17, 15) is 4.39 Å². The van der Waals surface area contributed by atoms with Crippen LogP contribution in [0.5, 0.6) is 0 Å². The van der Waals surface area contributed by atoms with Crippen LogP contribution in [0.3, 0.4) is 0 Å². The van der Waals surface area contributed by atoms with Gasteiger partial charge in [0.1, 0.15) is 6.17 Å². The van der Waals surface area contributed by atoms with E-state index >= 15 is 0 Å². The van der Waals surface area contributed by atoms with Gasteiger partial charge < -0.3 is 10.3 Å². The summed E-state index contributed by atoms with van der Waals surface area (Å²) in [5.74, 6) is 0. The lowest BCUT2D eigenvalue weighted by atomic mass is 9.98. The van der Waals surface area contributed by atoms with Crippen LogP contribution in [0.4, 0.5) is 4.39 Å². The standard InChI is InChI=1S/C24H22FN3/c1-15-19(10-11-21-24(15)28-14-27-21)17-8-6-16(7-9-17)13-26-22-12-18-4-2-3-5-20(18)23(22)25/h2-11,14,22-23,26H,12-13H2,1H3,(H,27,28)/t22-,23+/m0/s1. The van der Waals surface area contributed by atoms with Gasteiger partial charge in [0.05, 0.1) is 17.4 Å². The Balaban J connectivity index is 1.30. The third-order valence-electron chi connectivity index (χ3n) is 5.82. The number of aryl methyl sites for hydroxylation is 1. The van der Waals surface area contributed by atoms with Crippen LogP contribution in [0.15, 0.2) is 67.0 Å². The minimum absolute atomic E-state index is 0.151. The highest BCUT2D eigenvalue weighted by molar-refractivity contribution is 5.86. The number of imidazole rings is 1. The molecule has 0 unspecified atom stereocenters. The van der Waals surface area contributed by atoms with Gasteiger partial charge in [0.2, 0.25) is 0 Å². The predicted molar refractivity (Wildman–Crippen MR) is 111 cm³/mol. The lowest BCUT2D eigenvalue weighted by molar-refractivity contribution is 0.271. The second kappa shape index (κ2) is 6.88. The van der Waals surface area contributed by atoms with Crippen LogP contribution in [0, 0.1) is 6.92 Å². The molecule has 28 heavy (non-hydrogen) atoms. The Morgan fingerprint density at radius 3 is 2.71 bits per heavy atom. The molecule has 0 saturated carbocycles. The van der Waals surface area contributed by atoms with E-state index in [2.05, 4.69) is 58.6 Å². The van der Waals surface area contributed by atoms with E-state index in [0.717, 1.165) is 34.1 Å². The van der Waals surface area contributed by atoms with Crippen molar-refractivity contribution in [1.82, 2.24) is 15.3 Å². The molecule has 0 fully saturated rings. The normalized spacial score (nSPS) is 18.5. The van der Waals surface area contributed by atoms with Gasteiger partial charge in [-0.05, 0) is 52.8 Å². The number of nitrogens with zero attached hydrogens (tertiary/aromatic N) is 1. The van der Waals surface area contributed by atoms with E-state index < -0.39 is 6.17 Å². The van der Waals surface area contributed by atoms with Gasteiger partial charge in [-0.1, -0.05) is 54.6 Å². The SMILES string of the molecule is Cc1c(-c2ccc(CN[C@H]3Cc4ccccc4[C@H]3F)cc2)ccc2[nH]cnc12. The summed E-state index contributed by atoms with van der Waals surface area (Å²) in [4.78, 5) is 7.57. The third kappa shape index (κ3) is 2.90. The predicted octanol–water partition coefficient (Wildman–Crippen LogP) is 5.26. The lowest BCUT2D eigenvalue weighted by Gasteiger charge is -2.15. The molecule has 140 valence electrons. The fraction of sp³-hybridized carbons (Fsp3) is 0.208. The van der Waals surface area contributed by atoms with Crippen LogP contribution in [-0.2, 0) is 13.0 Å². The number of rotatable bonds is 4. The molecule has 3 nitrogen and oxygen atoms in total. The van der Waals surface area contributed by atoms with E-state index in [1.165, 1.54) is 16.7 Å². The molecule has 1 heterocycles. The minimum Gasteiger partial charge on any atom is -0.345 e. The fourth-order valence-electron chi connectivity index (χ4n) is 4.24. The highest BCUT2D eigenvalue weighted by Crippen LogP contribution is 2.34. The lowest BCUT2D eigenvalue weighted by Crippen LogP contribution is -2.30. The highest BCUT2D eigenvalue weighted by atomic mass is 19.1. The number of halogens is 1. The summed E-state index contributed by atoms with van der Waals surface area (Å²) in [5, 5.41) is 3.40. The van der Waals surface area contributed by atoms with Crippen molar-refractivity contribution in [3.8, 4) is 11.1 Å². The first-order valence-corrected chi connectivity index (χ1v) is 9.68. The number of aromatic amines is 1. The maximum atomic E-state index is 14.6. The van der Waals surface area contributed by atoms with Crippen LogP contribution in [0.1, 0.15) is 28.4 Å². The molecule has 2 atom stereocenters. The van der Waals surface area contributed by atoms with Crippen LogP contribution >= 0.6 is 0 Å². The first-order valence-electron chi connectivity index (χ1n) is 9.68. The Morgan fingerprint density at radius 2 is 1.89 bits per heavy atom. The number of aromatic nitrogens is 2. The Labute approximate surface area is 163 Å². The molecule has 5 rings (SSSR count). The molecule has 2 N–H and O–H groups in total. The molecule has 3 aromatic carbocycles. The van der Waals surface area contributed by atoms with Gasteiger partial charge >= 0.3 is 0 Å². The second-order valence-corrected chi connectivity index (χ2v) is 7.53. The van der Waals surface area contributed by atoms with Gasteiger partial charge in [-0.25, -0.2) is 9.37 Å². The van der Waals surface area contributed by atoms with Gasteiger partial charge in [-0.2, -0.15) is 0 Å². The molecule has 1 aromatic heterocycles. The van der Waals surface area contributed by atoms with E-state index in [0.29, 0.717) is 6.54 Å². The Bertz CT molecular complexity index is 1130. The van der Waals surface area contributed by atoms with Crippen molar-refractivity contribution in [1.29, 1.82) is 0 Å². The van der Waals surface area contributed by atoms with Gasteiger partial charge in [-0.15, -0.1) is 0 Å². The van der Waals surface area contributed by atoms with Gasteiger partial charge in [-0.3, -0.25) is 0 Å². The minimum atomic E-state index is -0.932. The summed E-state index contributed by atoms with van der Waals surface area (Å²) in [6.45, 7) is 2.77. The van der Waals surface area contributed by atoms with E-state index in [-0.39, 0.29) is 6.04 Å². The average molecular weight is 371 g/mol. The van der Waals surface area contributed by atoms with Crippen molar-refractivity contribution in [3.05, 3.63) is 89.2 Å². The van der Waals surface area contributed by atoms with Gasteiger partial charge in [0.25, 0.3) is 0 Å². The third-order valence-corrected chi connectivity index (χ3v) is 5.82. The number of fused-ring (bicyclic) bond motifs is 2. The quantitative estimate of drug-likeness (QED) is 0.513. The van der Waals surface area contributed by atoms with Crippen LogP contribution in [-0.4, -0.2) is 16.0 Å². The summed E-state index contributed by atoms with van der Waals surface area (Å²) in [5.41, 5.74) is 8.71. The zero-order valence-electron chi connectivity index (χ0n) is 15.7. The van der Waals surface area contributed by atoms with Crippen molar-refractivity contribution in [2.45, 2.75) is 32.1 Å². The van der Waals surface area contributed by atoms with E-state index in [1.807, 2.05) is 24.3 Å². The molecule has 1 aliphatic carbocycles. The van der Waals surface area contributed by atoms with Crippen molar-refractivity contribution < 1.29 is 4.39 Å². The molecule has 0 bridgehead atoms. The molecule has 0 saturated heterocycles. The van der Waals surface area contributed by atoms with E-state index in [1.54, 1.807) is 6.33 Å². The van der Waals surface area contributed by atoms with Crippen LogP contribution < -0.4 is 5.32 Å². The Kier molecular flexibility index (Phi) is 4.21. The first-order chi connectivity index (χ1) is 13.7. The molecule has 0 aliphatic heterocycles. The maximum Gasteiger partial charge on any atom is 0.141 e. The van der Waals surface area contributed by atoms with Gasteiger partial charge in [0, 0.05) is 12.6 Å². The average Bonchev–Trinajstić information content (AvgIpc) is 3.33. The number of H-pyrrole nitrogens is 1. The van der Waals surface area contributed by atoms with Crippen LogP contribution in [0.2, 0.25) is 0 Å². The molecular formula is C24H22FN3. The molecule has 4 heteroatoms. The summed E-state index contributed by atoms with van der Waals surface area (Å²) in [6, 6.07) is 20.4. The number of hydrogen-bond acceptors (Lipinski definition) is 2. The number of alkyl halides is 1. The molecule has 1 aliphatic rings. The summed E-state index contributed by atoms with van der Waals surface area (Å²) in [6.07, 6.45) is 1.55. The zero-order chi connectivity index (χ0) is 19.1. The van der Waals surface area contributed by atoms with Crippen molar-refractivity contribution in [2.24, 2.45) is 0 Å². The summed E-state index contributed by atoms with van der Waals surface area (Å²) in [7, 11) is 0. The fourth-order valence-corrected chi connectivity index (χ4v) is 4.24. The largest absolute Gasteiger partial charge is 0.345 e. The number of benzene rings is 3. The first kappa shape index (κ1) is 17.1.